The molecule has 0 radical (unpaired) electrons. The summed E-state index contributed by atoms with van der Waals surface area (Å²) in [5, 5.41) is 3.44. The van der Waals surface area contributed by atoms with Gasteiger partial charge in [0.1, 0.15) is 5.58 Å². The lowest BCUT2D eigenvalue weighted by Crippen LogP contribution is -2.30. The van der Waals surface area contributed by atoms with E-state index in [1.807, 2.05) is 0 Å². The van der Waals surface area contributed by atoms with Crippen molar-refractivity contribution in [1.29, 1.82) is 0 Å². The Morgan fingerprint density at radius 1 is 1.09 bits per heavy atom. The Morgan fingerprint density at radius 3 is 2.57 bits per heavy atom. The van der Waals surface area contributed by atoms with Crippen molar-refractivity contribution < 1.29 is 9.21 Å². The van der Waals surface area contributed by atoms with Crippen molar-refractivity contribution in [3.8, 4) is 0 Å². The molecule has 3 rings (SSSR count). The van der Waals surface area contributed by atoms with Crippen LogP contribution in [0, 0.1) is 5.92 Å². The fraction of sp³-hybridized carbons (Fsp3) is 0.474. The van der Waals surface area contributed by atoms with Gasteiger partial charge < -0.3 is 9.73 Å². The summed E-state index contributed by atoms with van der Waals surface area (Å²) >= 11 is 0. The van der Waals surface area contributed by atoms with Crippen molar-refractivity contribution >= 4 is 16.9 Å². The number of para-hydroxylation sites is 1. The topological polar surface area (TPSA) is 59.3 Å². The van der Waals surface area contributed by atoms with Gasteiger partial charge in [-0.1, -0.05) is 44.2 Å². The maximum absolute atomic E-state index is 12.3. The first-order chi connectivity index (χ1) is 11.2. The smallest absolute Gasteiger partial charge is 0.287 e. The molecule has 1 N–H and O–H groups in total. The quantitative estimate of drug-likeness (QED) is 0.935. The summed E-state index contributed by atoms with van der Waals surface area (Å²) in [6.45, 7) is 0.662. The van der Waals surface area contributed by atoms with Gasteiger partial charge in [-0.3, -0.25) is 9.59 Å². The molecule has 1 saturated carbocycles. The Morgan fingerprint density at radius 2 is 1.78 bits per heavy atom. The summed E-state index contributed by atoms with van der Waals surface area (Å²) in [7, 11) is 0. The summed E-state index contributed by atoms with van der Waals surface area (Å²) in [6.07, 6.45) is 8.75. The van der Waals surface area contributed by atoms with E-state index in [1.54, 1.807) is 24.3 Å². The second-order valence-electron chi connectivity index (χ2n) is 6.39. The molecule has 0 unspecified atom stereocenters. The lowest BCUT2D eigenvalue weighted by molar-refractivity contribution is 0.0917. The number of hydrogen-bond acceptors (Lipinski definition) is 3. The molecule has 4 heteroatoms. The number of rotatable bonds is 3. The Balaban J connectivity index is 1.67. The van der Waals surface area contributed by atoms with Gasteiger partial charge in [-0.25, -0.2) is 0 Å². The van der Waals surface area contributed by atoms with Crippen LogP contribution in [0.25, 0.3) is 11.0 Å². The van der Waals surface area contributed by atoms with E-state index in [4.69, 9.17) is 4.42 Å². The van der Waals surface area contributed by atoms with Gasteiger partial charge in [-0.05, 0) is 30.9 Å². The summed E-state index contributed by atoms with van der Waals surface area (Å²) < 4.78 is 5.58. The molecular weight excluding hydrogens is 290 g/mol. The number of nitrogens with one attached hydrogen (secondary N) is 1. The summed E-state index contributed by atoms with van der Waals surface area (Å²) in [6, 6.07) is 8.28. The van der Waals surface area contributed by atoms with Gasteiger partial charge in [0, 0.05) is 12.6 Å². The molecule has 1 aromatic carbocycles. The first kappa shape index (κ1) is 15.8. The fourth-order valence-corrected chi connectivity index (χ4v) is 3.28. The molecule has 122 valence electrons. The zero-order valence-electron chi connectivity index (χ0n) is 13.3. The second-order valence-corrected chi connectivity index (χ2v) is 6.39. The van der Waals surface area contributed by atoms with Crippen molar-refractivity contribution in [2.45, 2.75) is 44.9 Å². The zero-order valence-corrected chi connectivity index (χ0v) is 13.3. The molecule has 23 heavy (non-hydrogen) atoms. The van der Waals surface area contributed by atoms with Crippen molar-refractivity contribution in [3.63, 3.8) is 0 Å². The first-order valence-electron chi connectivity index (χ1n) is 8.55. The molecule has 1 aromatic heterocycles. The highest BCUT2D eigenvalue weighted by molar-refractivity contribution is 5.93. The third-order valence-corrected chi connectivity index (χ3v) is 4.63. The maximum Gasteiger partial charge on any atom is 0.287 e. The first-order valence-corrected chi connectivity index (χ1v) is 8.55. The van der Waals surface area contributed by atoms with Crippen LogP contribution in [0.15, 0.2) is 39.5 Å². The van der Waals surface area contributed by atoms with E-state index in [9.17, 15) is 9.59 Å². The molecule has 1 aliphatic rings. The number of fused-ring (bicyclic) bond motifs is 1. The molecule has 0 aliphatic heterocycles. The van der Waals surface area contributed by atoms with Crippen LogP contribution in [0.4, 0.5) is 0 Å². The fourth-order valence-electron chi connectivity index (χ4n) is 3.28. The highest BCUT2D eigenvalue weighted by atomic mass is 16.3. The van der Waals surface area contributed by atoms with Crippen LogP contribution in [-0.2, 0) is 0 Å². The number of hydrogen-bond donors (Lipinski definition) is 1. The van der Waals surface area contributed by atoms with Gasteiger partial charge in [-0.15, -0.1) is 0 Å². The number of carbonyl (C=O) groups is 1. The van der Waals surface area contributed by atoms with Crippen LogP contribution in [-0.4, -0.2) is 12.5 Å². The van der Waals surface area contributed by atoms with Gasteiger partial charge in [0.05, 0.1) is 5.39 Å². The number of carbonyl (C=O) groups excluding carboxylic acids is 1. The average molecular weight is 313 g/mol. The maximum atomic E-state index is 12.3. The third-order valence-electron chi connectivity index (χ3n) is 4.63. The normalized spacial score (nSPS) is 16.7. The highest BCUT2D eigenvalue weighted by Gasteiger charge is 2.15. The largest absolute Gasteiger partial charge is 0.451 e. The van der Waals surface area contributed by atoms with E-state index in [2.05, 4.69) is 5.32 Å². The van der Waals surface area contributed by atoms with E-state index >= 15 is 0 Å². The second kappa shape index (κ2) is 7.44. The minimum absolute atomic E-state index is 0.0968. The standard InChI is InChI=1S/C19H23NO3/c21-16-12-18(23-17-11-7-6-10-15(16)17)19(22)20-13-14-8-4-2-1-3-5-9-14/h6-7,10-12,14H,1-5,8-9,13H2,(H,20,22). The molecule has 0 bridgehead atoms. The van der Waals surface area contributed by atoms with Crippen molar-refractivity contribution in [2.75, 3.05) is 6.54 Å². The summed E-state index contributed by atoms with van der Waals surface area (Å²) in [4.78, 5) is 24.3. The molecule has 4 nitrogen and oxygen atoms in total. The van der Waals surface area contributed by atoms with Crippen LogP contribution < -0.4 is 10.7 Å². The van der Waals surface area contributed by atoms with Gasteiger partial charge in [0.25, 0.3) is 5.91 Å². The molecule has 2 aromatic rings. The monoisotopic (exact) mass is 313 g/mol. The van der Waals surface area contributed by atoms with Crippen LogP contribution >= 0.6 is 0 Å². The van der Waals surface area contributed by atoms with Gasteiger partial charge >= 0.3 is 0 Å². The molecule has 0 saturated heterocycles. The predicted octanol–water partition coefficient (Wildman–Crippen LogP) is 3.88. The third kappa shape index (κ3) is 4.01. The van der Waals surface area contributed by atoms with Crippen LogP contribution in [0.5, 0.6) is 0 Å². The molecule has 1 amide bonds. The van der Waals surface area contributed by atoms with Crippen molar-refractivity contribution in [2.24, 2.45) is 5.92 Å². The summed E-state index contributed by atoms with van der Waals surface area (Å²) in [5.41, 5.74) is 0.277. The highest BCUT2D eigenvalue weighted by Crippen LogP contribution is 2.21. The lowest BCUT2D eigenvalue weighted by atomic mass is 9.91. The van der Waals surface area contributed by atoms with Crippen molar-refractivity contribution in [1.82, 2.24) is 5.32 Å². The van der Waals surface area contributed by atoms with E-state index in [0.29, 0.717) is 23.4 Å². The zero-order chi connectivity index (χ0) is 16.1. The molecule has 0 spiro atoms. The molecule has 0 atom stereocenters. The molecule has 1 heterocycles. The molecule has 1 fully saturated rings. The van der Waals surface area contributed by atoms with E-state index in [0.717, 1.165) is 0 Å². The molecular formula is C19H23NO3. The van der Waals surface area contributed by atoms with Crippen LogP contribution in [0.1, 0.15) is 55.5 Å². The lowest BCUT2D eigenvalue weighted by Gasteiger charge is -2.19. The minimum Gasteiger partial charge on any atom is -0.451 e. The Kier molecular flexibility index (Phi) is 5.11. The van der Waals surface area contributed by atoms with E-state index in [-0.39, 0.29) is 17.1 Å². The average Bonchev–Trinajstić information content (AvgIpc) is 2.53. The Hall–Kier alpha value is -2.10. The minimum atomic E-state index is -0.296. The van der Waals surface area contributed by atoms with Gasteiger partial charge in [-0.2, -0.15) is 0 Å². The van der Waals surface area contributed by atoms with Gasteiger partial charge in [0.2, 0.25) is 0 Å². The van der Waals surface area contributed by atoms with Crippen LogP contribution in [0.2, 0.25) is 0 Å². The Labute approximate surface area is 135 Å². The number of benzene rings is 1. The van der Waals surface area contributed by atoms with Crippen molar-refractivity contribution in [3.05, 3.63) is 46.3 Å². The van der Waals surface area contributed by atoms with Gasteiger partial charge in [0.15, 0.2) is 11.2 Å². The SMILES string of the molecule is O=C(NCC1CCCCCCC1)c1cc(=O)c2ccccc2o1. The summed E-state index contributed by atoms with van der Waals surface area (Å²) in [5.74, 6) is 0.334. The van der Waals surface area contributed by atoms with E-state index < -0.39 is 0 Å². The van der Waals surface area contributed by atoms with Crippen LogP contribution in [0.3, 0.4) is 0 Å². The predicted molar refractivity (Wildman–Crippen MR) is 90.6 cm³/mol. The Bertz CT molecular complexity index is 727. The number of amides is 1. The van der Waals surface area contributed by atoms with E-state index in [1.165, 1.54) is 51.0 Å². The molecule has 1 aliphatic carbocycles.